The molecule has 2 rings (SSSR count). The number of aromatic nitrogens is 1. The first-order chi connectivity index (χ1) is 7.61. The first-order valence-electron chi connectivity index (χ1n) is 4.68. The third-order valence-electron chi connectivity index (χ3n) is 2.20. The van der Waals surface area contributed by atoms with E-state index in [0.717, 1.165) is 21.4 Å². The van der Waals surface area contributed by atoms with E-state index in [1.807, 2.05) is 13.0 Å². The highest BCUT2D eigenvalue weighted by Gasteiger charge is 2.14. The van der Waals surface area contributed by atoms with E-state index in [4.69, 9.17) is 15.6 Å². The molecule has 1 aromatic carbocycles. The predicted molar refractivity (Wildman–Crippen MR) is 65.9 cm³/mol. The van der Waals surface area contributed by atoms with Crippen molar-refractivity contribution in [2.75, 3.05) is 5.73 Å². The Morgan fingerprint density at radius 3 is 2.81 bits per heavy atom. The molecule has 0 radical (unpaired) electrons. The zero-order valence-electron chi connectivity index (χ0n) is 8.70. The quantitative estimate of drug-likeness (QED) is 0.640. The molecule has 0 saturated heterocycles. The van der Waals surface area contributed by atoms with Gasteiger partial charge in [0.15, 0.2) is 6.21 Å². The van der Waals surface area contributed by atoms with E-state index < -0.39 is 0 Å². The molecule has 0 amide bonds. The van der Waals surface area contributed by atoms with Crippen LogP contribution in [0, 0.1) is 6.92 Å². The number of halogens is 1. The maximum Gasteiger partial charge on any atom is 0.227 e. The topological polar surface area (TPSA) is 77.6 Å². The van der Waals surface area contributed by atoms with E-state index in [0.29, 0.717) is 11.6 Å². The zero-order valence-corrected chi connectivity index (χ0v) is 10.3. The minimum absolute atomic E-state index is 0.516. The van der Waals surface area contributed by atoms with Gasteiger partial charge in [0, 0.05) is 10.2 Å². The molecular formula is C11H11BrN3O+. The van der Waals surface area contributed by atoms with Crippen LogP contribution in [0.3, 0.4) is 0 Å². The Kier molecular flexibility index (Phi) is 2.78. The van der Waals surface area contributed by atoms with Crippen molar-refractivity contribution in [3.8, 4) is 11.5 Å². The van der Waals surface area contributed by atoms with Gasteiger partial charge in [-0.15, -0.1) is 0 Å². The molecule has 0 aliphatic heterocycles. The van der Waals surface area contributed by atoms with E-state index >= 15 is 0 Å². The van der Waals surface area contributed by atoms with Crippen molar-refractivity contribution in [1.82, 2.24) is 4.98 Å². The number of hydrogen-bond acceptors (Lipinski definition) is 3. The lowest BCUT2D eigenvalue weighted by atomic mass is 10.1. The van der Waals surface area contributed by atoms with Crippen molar-refractivity contribution in [3.05, 3.63) is 34.1 Å². The van der Waals surface area contributed by atoms with Crippen LogP contribution in [0.15, 0.2) is 27.2 Å². The molecule has 4 N–H and O–H groups in total. The lowest BCUT2D eigenvalue weighted by molar-refractivity contribution is -0.104. The van der Waals surface area contributed by atoms with Gasteiger partial charge in [-0.3, -0.25) is 5.41 Å². The van der Waals surface area contributed by atoms with Crippen LogP contribution in [0.5, 0.6) is 0 Å². The standard InChI is InChI=1S/C11H10BrN3O/c1-6-5-15-11(16-6)8-2-7(12)3-10(14)9(8)4-13/h2-5,13H,14H2,1H3/p+1. The molecule has 0 aliphatic carbocycles. The van der Waals surface area contributed by atoms with Crippen LogP contribution in [0.4, 0.5) is 5.69 Å². The SMILES string of the molecule is Cc1cnc(-c2cc(Br)cc(N)c2C=[NH2+])o1. The molecule has 0 aliphatic rings. The van der Waals surface area contributed by atoms with E-state index in [1.165, 1.54) is 6.21 Å². The van der Waals surface area contributed by atoms with Gasteiger partial charge in [0.25, 0.3) is 0 Å². The molecule has 1 aromatic heterocycles. The van der Waals surface area contributed by atoms with Crippen molar-refractivity contribution in [2.24, 2.45) is 0 Å². The molecule has 1 heterocycles. The van der Waals surface area contributed by atoms with E-state index in [1.54, 1.807) is 12.3 Å². The molecule has 82 valence electrons. The average molecular weight is 281 g/mol. The fraction of sp³-hybridized carbons (Fsp3) is 0.0909. The number of nitrogens with zero attached hydrogens (tertiary/aromatic N) is 1. The molecule has 4 nitrogen and oxygen atoms in total. The normalized spacial score (nSPS) is 10.4. The van der Waals surface area contributed by atoms with Crippen LogP contribution < -0.4 is 11.1 Å². The lowest BCUT2D eigenvalue weighted by Crippen LogP contribution is -2.30. The number of nitrogens with two attached hydrogens (primary N) is 2. The Hall–Kier alpha value is -1.62. The van der Waals surface area contributed by atoms with Crippen LogP contribution in [0.25, 0.3) is 11.5 Å². The summed E-state index contributed by atoms with van der Waals surface area (Å²) in [5.74, 6) is 1.26. The monoisotopic (exact) mass is 280 g/mol. The zero-order chi connectivity index (χ0) is 11.7. The van der Waals surface area contributed by atoms with E-state index in [2.05, 4.69) is 20.9 Å². The number of benzene rings is 1. The largest absolute Gasteiger partial charge is 0.441 e. The molecule has 2 aromatic rings. The molecule has 0 atom stereocenters. The van der Waals surface area contributed by atoms with Gasteiger partial charge < -0.3 is 10.2 Å². The van der Waals surface area contributed by atoms with Crippen molar-refractivity contribution in [3.63, 3.8) is 0 Å². The van der Waals surface area contributed by atoms with Crippen molar-refractivity contribution in [2.45, 2.75) is 6.92 Å². The molecule has 5 heteroatoms. The summed E-state index contributed by atoms with van der Waals surface area (Å²) >= 11 is 3.38. The van der Waals surface area contributed by atoms with Crippen molar-refractivity contribution < 1.29 is 9.83 Å². The summed E-state index contributed by atoms with van der Waals surface area (Å²) in [6.07, 6.45) is 3.11. The molecular weight excluding hydrogens is 270 g/mol. The predicted octanol–water partition coefficient (Wildman–Crippen LogP) is 1.17. The van der Waals surface area contributed by atoms with Gasteiger partial charge in [0.1, 0.15) is 5.76 Å². The number of oxazole rings is 1. The summed E-state index contributed by atoms with van der Waals surface area (Å²) < 4.78 is 6.32. The van der Waals surface area contributed by atoms with Gasteiger partial charge in [-0.05, 0) is 19.1 Å². The van der Waals surface area contributed by atoms with Crippen LogP contribution in [0.2, 0.25) is 0 Å². The minimum Gasteiger partial charge on any atom is -0.441 e. The maximum atomic E-state index is 5.87. The summed E-state index contributed by atoms with van der Waals surface area (Å²) in [5.41, 5.74) is 7.96. The second-order valence-corrected chi connectivity index (χ2v) is 4.31. The number of rotatable bonds is 2. The number of hydrogen-bond donors (Lipinski definition) is 2. The fourth-order valence-electron chi connectivity index (χ4n) is 1.48. The summed E-state index contributed by atoms with van der Waals surface area (Å²) in [7, 11) is 0. The van der Waals surface area contributed by atoms with Crippen LogP contribution in [-0.4, -0.2) is 11.2 Å². The van der Waals surface area contributed by atoms with E-state index in [-0.39, 0.29) is 0 Å². The van der Waals surface area contributed by atoms with Gasteiger partial charge in [-0.1, -0.05) is 15.9 Å². The smallest absolute Gasteiger partial charge is 0.227 e. The van der Waals surface area contributed by atoms with E-state index in [9.17, 15) is 0 Å². The second kappa shape index (κ2) is 4.09. The van der Waals surface area contributed by atoms with Gasteiger partial charge in [0.05, 0.1) is 17.3 Å². The highest BCUT2D eigenvalue weighted by molar-refractivity contribution is 9.10. The maximum absolute atomic E-state index is 5.87. The first kappa shape index (κ1) is 10.9. The van der Waals surface area contributed by atoms with Crippen LogP contribution in [0.1, 0.15) is 11.3 Å². The molecule has 0 saturated carbocycles. The Labute approximate surface area is 101 Å². The summed E-state index contributed by atoms with van der Waals surface area (Å²) in [6.45, 7) is 1.84. The number of nitrogen functional groups attached to an aromatic ring is 1. The number of anilines is 1. The van der Waals surface area contributed by atoms with Gasteiger partial charge in [-0.25, -0.2) is 4.98 Å². The Bertz CT molecular complexity index is 548. The number of aryl methyl sites for hydroxylation is 1. The molecule has 16 heavy (non-hydrogen) atoms. The second-order valence-electron chi connectivity index (χ2n) is 3.40. The van der Waals surface area contributed by atoms with Crippen LogP contribution in [-0.2, 0) is 0 Å². The lowest BCUT2D eigenvalue weighted by Gasteiger charge is -2.04. The van der Waals surface area contributed by atoms with Crippen LogP contribution >= 0.6 is 15.9 Å². The highest BCUT2D eigenvalue weighted by Crippen LogP contribution is 2.29. The van der Waals surface area contributed by atoms with Crippen molar-refractivity contribution >= 4 is 27.8 Å². The average Bonchev–Trinajstić information content (AvgIpc) is 2.63. The summed E-state index contributed by atoms with van der Waals surface area (Å²) in [5, 5.41) is 5.56. The van der Waals surface area contributed by atoms with Gasteiger partial charge in [0.2, 0.25) is 5.89 Å². The third-order valence-corrected chi connectivity index (χ3v) is 2.65. The highest BCUT2D eigenvalue weighted by atomic mass is 79.9. The fourth-order valence-corrected chi connectivity index (χ4v) is 1.96. The summed E-state index contributed by atoms with van der Waals surface area (Å²) in [6, 6.07) is 3.66. The third kappa shape index (κ3) is 1.86. The minimum atomic E-state index is 0.516. The molecule has 0 bridgehead atoms. The van der Waals surface area contributed by atoms with Crippen molar-refractivity contribution in [1.29, 1.82) is 0 Å². The molecule has 0 fully saturated rings. The molecule has 0 unspecified atom stereocenters. The molecule has 0 spiro atoms. The summed E-state index contributed by atoms with van der Waals surface area (Å²) in [4.78, 5) is 4.16. The Balaban J connectivity index is 2.67. The Morgan fingerprint density at radius 2 is 2.25 bits per heavy atom. The van der Waals surface area contributed by atoms with Gasteiger partial charge in [-0.2, -0.15) is 0 Å². The van der Waals surface area contributed by atoms with Gasteiger partial charge >= 0.3 is 0 Å². The first-order valence-corrected chi connectivity index (χ1v) is 5.48. The Morgan fingerprint density at radius 1 is 1.50 bits per heavy atom.